The van der Waals surface area contributed by atoms with E-state index >= 15 is 0 Å². The minimum atomic E-state index is 0.658. The van der Waals surface area contributed by atoms with E-state index in [-0.39, 0.29) is 0 Å². The van der Waals surface area contributed by atoms with Gasteiger partial charge in [0.1, 0.15) is 5.75 Å². The quantitative estimate of drug-likeness (QED) is 0.329. The van der Waals surface area contributed by atoms with Crippen LogP contribution in [0.3, 0.4) is 0 Å². The van der Waals surface area contributed by atoms with Crippen molar-refractivity contribution in [2.45, 2.75) is 44.6 Å². The third-order valence-electron chi connectivity index (χ3n) is 7.28. The van der Waals surface area contributed by atoms with Crippen molar-refractivity contribution in [3.63, 3.8) is 0 Å². The van der Waals surface area contributed by atoms with Gasteiger partial charge in [-0.15, -0.1) is 16.4 Å². The second kappa shape index (κ2) is 10.5. The summed E-state index contributed by atoms with van der Waals surface area (Å²) in [5.74, 6) is 1.56. The lowest BCUT2D eigenvalue weighted by Crippen LogP contribution is -2.48. The number of aromatic nitrogens is 3. The first-order chi connectivity index (χ1) is 17.3. The largest absolute Gasteiger partial charge is 0.406 e. The van der Waals surface area contributed by atoms with Crippen LogP contribution in [-0.4, -0.2) is 57.5 Å². The Morgan fingerprint density at radius 3 is 2.54 bits per heavy atom. The maximum atomic E-state index is 6.24. The molecule has 0 radical (unpaired) electrons. The fraction of sp³-hybridized carbons (Fsp3) is 0.429. The van der Waals surface area contributed by atoms with E-state index in [1.807, 2.05) is 23.6 Å². The molecule has 2 aromatic carbocycles. The highest BCUT2D eigenvalue weighted by Crippen LogP contribution is 2.37. The lowest BCUT2D eigenvalue weighted by Gasteiger charge is -2.33. The van der Waals surface area contributed by atoms with Crippen LogP contribution in [0.25, 0.3) is 21.3 Å². The fourth-order valence-electron chi connectivity index (χ4n) is 5.21. The number of benzene rings is 2. The van der Waals surface area contributed by atoms with Gasteiger partial charge < -0.3 is 4.84 Å². The van der Waals surface area contributed by atoms with Crippen LogP contribution in [0, 0.1) is 0 Å². The molecular formula is C28H33N5OS. The van der Waals surface area contributed by atoms with Crippen molar-refractivity contribution in [1.29, 1.82) is 0 Å². The molecule has 35 heavy (non-hydrogen) atoms. The van der Waals surface area contributed by atoms with Gasteiger partial charge in [-0.25, -0.2) is 4.98 Å². The molecule has 2 aromatic heterocycles. The number of rotatable bonds is 7. The summed E-state index contributed by atoms with van der Waals surface area (Å²) in [6, 6.07) is 16.8. The monoisotopic (exact) mass is 487 g/mol. The Balaban J connectivity index is 0.992. The number of hydrogen-bond acceptors (Lipinski definition) is 6. The molecule has 4 aromatic rings. The van der Waals surface area contributed by atoms with Crippen molar-refractivity contribution in [3.05, 3.63) is 65.9 Å². The third kappa shape index (κ3) is 5.42. The number of nitrogens with zero attached hydrogens (tertiary/aromatic N) is 5. The molecule has 2 aliphatic rings. The molecule has 182 valence electrons. The Morgan fingerprint density at radius 2 is 1.71 bits per heavy atom. The molecule has 6 nitrogen and oxygen atoms in total. The van der Waals surface area contributed by atoms with Gasteiger partial charge in [-0.3, -0.25) is 9.58 Å². The molecule has 0 amide bonds. The normalized spacial score (nSPS) is 18.3. The van der Waals surface area contributed by atoms with Crippen molar-refractivity contribution in [2.24, 2.45) is 0 Å². The average molecular weight is 488 g/mol. The Morgan fingerprint density at radius 1 is 0.886 bits per heavy atom. The summed E-state index contributed by atoms with van der Waals surface area (Å²) >= 11 is 1.87. The van der Waals surface area contributed by atoms with Crippen molar-refractivity contribution < 1.29 is 4.84 Å². The molecular weight excluding hydrogens is 454 g/mol. The van der Waals surface area contributed by atoms with Gasteiger partial charge in [0.2, 0.25) is 0 Å². The molecule has 0 bridgehead atoms. The molecule has 0 spiro atoms. The Bertz CT molecular complexity index is 1240. The Kier molecular flexibility index (Phi) is 6.80. The molecule has 2 fully saturated rings. The number of hydroxylamine groups is 2. The minimum absolute atomic E-state index is 0.658. The number of thiazole rings is 1. The first-order valence-corrected chi connectivity index (χ1v) is 13.8. The van der Waals surface area contributed by atoms with Crippen LogP contribution < -0.4 is 4.84 Å². The van der Waals surface area contributed by atoms with E-state index in [2.05, 4.69) is 68.4 Å². The van der Waals surface area contributed by atoms with Gasteiger partial charge in [-0.2, -0.15) is 5.10 Å². The van der Waals surface area contributed by atoms with Crippen LogP contribution in [0.15, 0.2) is 60.9 Å². The number of fused-ring (bicyclic) bond motifs is 1. The fourth-order valence-corrected chi connectivity index (χ4v) is 6.33. The summed E-state index contributed by atoms with van der Waals surface area (Å²) in [4.78, 5) is 13.7. The van der Waals surface area contributed by atoms with Crippen LogP contribution in [0.4, 0.5) is 0 Å². The second-order valence-electron chi connectivity index (χ2n) is 9.74. The van der Waals surface area contributed by atoms with E-state index in [4.69, 9.17) is 9.82 Å². The Labute approximate surface area is 211 Å². The smallest absolute Gasteiger partial charge is 0.149 e. The summed E-state index contributed by atoms with van der Waals surface area (Å²) < 4.78 is 3.33. The van der Waals surface area contributed by atoms with Crippen molar-refractivity contribution in [2.75, 3.05) is 32.7 Å². The highest BCUT2D eigenvalue weighted by atomic mass is 32.1. The molecule has 3 heterocycles. The van der Waals surface area contributed by atoms with E-state index in [1.54, 1.807) is 0 Å². The van der Waals surface area contributed by atoms with Crippen molar-refractivity contribution in [3.8, 4) is 16.9 Å². The molecule has 0 atom stereocenters. The first-order valence-electron chi connectivity index (χ1n) is 12.9. The van der Waals surface area contributed by atoms with Crippen LogP contribution in [-0.2, 0) is 6.54 Å². The maximum Gasteiger partial charge on any atom is 0.149 e. The van der Waals surface area contributed by atoms with Gasteiger partial charge >= 0.3 is 0 Å². The number of hydrogen-bond donors (Lipinski definition) is 0. The molecule has 0 N–H and O–H groups in total. The minimum Gasteiger partial charge on any atom is -0.406 e. The van der Waals surface area contributed by atoms with Crippen LogP contribution in [0.5, 0.6) is 5.75 Å². The lowest BCUT2D eigenvalue weighted by atomic mass is 9.90. The zero-order chi connectivity index (χ0) is 23.5. The topological polar surface area (TPSA) is 46.4 Å². The van der Waals surface area contributed by atoms with Crippen LogP contribution in [0.1, 0.15) is 43.0 Å². The molecule has 0 unspecified atom stereocenters. The molecule has 7 heteroatoms. The highest BCUT2D eigenvalue weighted by molar-refractivity contribution is 7.18. The van der Waals surface area contributed by atoms with Crippen molar-refractivity contribution >= 4 is 21.6 Å². The first kappa shape index (κ1) is 22.7. The summed E-state index contributed by atoms with van der Waals surface area (Å²) in [6.07, 6.45) is 10.8. The van der Waals surface area contributed by atoms with Gasteiger partial charge in [0, 0.05) is 56.5 Å². The molecule has 1 saturated heterocycles. The molecule has 6 rings (SSSR count). The summed E-state index contributed by atoms with van der Waals surface area (Å²) in [5.41, 5.74) is 3.47. The van der Waals surface area contributed by atoms with Crippen LogP contribution >= 0.6 is 11.3 Å². The standard InChI is InChI=1S/C28H33N5OS/c1-3-7-22(8-4-1)24-20-29-32(21-24)16-13-31-14-17-33(18-15-31)34-25-11-12-27-26(19-25)30-28(35-27)23-9-5-2-6-10-23/h1,3-4,7-8,11-12,19-21,23H,2,5-6,9-10,13-18H2. The van der Waals surface area contributed by atoms with E-state index < -0.39 is 0 Å². The van der Waals surface area contributed by atoms with Crippen LogP contribution in [0.2, 0.25) is 0 Å². The van der Waals surface area contributed by atoms with Gasteiger partial charge in [0.15, 0.2) is 0 Å². The zero-order valence-corrected chi connectivity index (χ0v) is 21.0. The molecule has 1 aliphatic heterocycles. The van der Waals surface area contributed by atoms with Gasteiger partial charge in [-0.05, 0) is 30.5 Å². The van der Waals surface area contributed by atoms with Gasteiger partial charge in [0.25, 0.3) is 0 Å². The SMILES string of the molecule is c1ccc(-c2cnn(CCN3CCN(Oc4ccc5sc(C6CCCCC6)nc5c4)CC3)c2)cc1. The van der Waals surface area contributed by atoms with E-state index in [9.17, 15) is 0 Å². The van der Waals surface area contributed by atoms with Crippen molar-refractivity contribution in [1.82, 2.24) is 24.7 Å². The van der Waals surface area contributed by atoms with Gasteiger partial charge in [0.05, 0.1) is 28.0 Å². The summed E-state index contributed by atoms with van der Waals surface area (Å²) in [5, 5.41) is 7.96. The predicted molar refractivity (Wildman–Crippen MR) is 142 cm³/mol. The molecule has 1 aliphatic carbocycles. The summed E-state index contributed by atoms with van der Waals surface area (Å²) in [7, 11) is 0. The predicted octanol–water partition coefficient (Wildman–Crippen LogP) is 5.82. The Hall–Kier alpha value is -2.74. The average Bonchev–Trinajstić information content (AvgIpc) is 3.57. The maximum absolute atomic E-state index is 6.24. The third-order valence-corrected chi connectivity index (χ3v) is 8.48. The highest BCUT2D eigenvalue weighted by Gasteiger charge is 2.21. The second-order valence-corrected chi connectivity index (χ2v) is 10.8. The molecule has 1 saturated carbocycles. The van der Waals surface area contributed by atoms with E-state index in [0.717, 1.165) is 50.5 Å². The van der Waals surface area contributed by atoms with E-state index in [1.165, 1.54) is 52.9 Å². The summed E-state index contributed by atoms with van der Waals surface area (Å²) in [6.45, 7) is 5.69. The van der Waals surface area contributed by atoms with E-state index in [0.29, 0.717) is 5.92 Å². The number of piperazine rings is 1. The van der Waals surface area contributed by atoms with Gasteiger partial charge in [-0.1, -0.05) is 49.6 Å². The lowest BCUT2D eigenvalue weighted by molar-refractivity contribution is -0.0886. The zero-order valence-electron chi connectivity index (χ0n) is 20.2.